The molecule has 0 saturated carbocycles. The van der Waals surface area contributed by atoms with Crippen LogP contribution in [-0.2, 0) is 15.7 Å². The molecule has 30 heavy (non-hydrogen) atoms. The maximum Gasteiger partial charge on any atom is 0.438 e. The fraction of sp³-hybridized carbons (Fsp3) is 0.550. The minimum atomic E-state index is -4.92. The number of ether oxygens (including phenoxy) is 1. The Labute approximate surface area is 171 Å². The van der Waals surface area contributed by atoms with Gasteiger partial charge in [-0.2, -0.15) is 13.2 Å². The Hall–Kier alpha value is -2.46. The summed E-state index contributed by atoms with van der Waals surface area (Å²) in [6, 6.07) is 1.96. The van der Waals surface area contributed by atoms with E-state index in [2.05, 4.69) is 15.2 Å². The van der Waals surface area contributed by atoms with Gasteiger partial charge < -0.3 is 10.1 Å². The van der Waals surface area contributed by atoms with Crippen LogP contribution in [0.3, 0.4) is 0 Å². The van der Waals surface area contributed by atoms with Gasteiger partial charge in [-0.1, -0.05) is 0 Å². The molecule has 0 aliphatic carbocycles. The number of halogens is 3. The summed E-state index contributed by atoms with van der Waals surface area (Å²) in [5.41, 5.74) is -1.08. The average molecular weight is 426 g/mol. The van der Waals surface area contributed by atoms with Crippen molar-refractivity contribution in [3.05, 3.63) is 39.3 Å². The second-order valence-electron chi connectivity index (χ2n) is 7.48. The highest BCUT2D eigenvalue weighted by Crippen LogP contribution is 2.28. The van der Waals surface area contributed by atoms with Crippen molar-refractivity contribution in [2.75, 3.05) is 39.4 Å². The highest BCUT2D eigenvalue weighted by atomic mass is 19.4. The van der Waals surface area contributed by atoms with Crippen molar-refractivity contribution in [2.45, 2.75) is 33.0 Å². The van der Waals surface area contributed by atoms with E-state index < -0.39 is 29.4 Å². The van der Waals surface area contributed by atoms with Crippen molar-refractivity contribution in [1.29, 1.82) is 0 Å². The van der Waals surface area contributed by atoms with E-state index >= 15 is 0 Å². The van der Waals surface area contributed by atoms with Crippen LogP contribution in [-0.4, -0.2) is 59.8 Å². The Bertz CT molecular complexity index is 997. The molecule has 1 fully saturated rings. The minimum absolute atomic E-state index is 0.0259. The van der Waals surface area contributed by atoms with Gasteiger partial charge in [0.15, 0.2) is 0 Å². The van der Waals surface area contributed by atoms with E-state index in [1.165, 1.54) is 13.0 Å². The highest BCUT2D eigenvalue weighted by Gasteiger charge is 2.38. The van der Waals surface area contributed by atoms with E-state index in [0.29, 0.717) is 26.3 Å². The lowest BCUT2D eigenvalue weighted by atomic mass is 10.1. The second-order valence-corrected chi connectivity index (χ2v) is 7.48. The number of rotatable bonds is 5. The number of hydrogen-bond donors (Lipinski definition) is 1. The molecule has 10 heteroatoms. The van der Waals surface area contributed by atoms with Crippen LogP contribution >= 0.6 is 0 Å². The lowest BCUT2D eigenvalue weighted by Gasteiger charge is -2.27. The number of carbonyl (C=O) groups excluding carboxylic acids is 1. The molecule has 0 radical (unpaired) electrons. The van der Waals surface area contributed by atoms with Gasteiger partial charge in [-0.25, -0.2) is 4.98 Å². The number of carbonyl (C=O) groups is 1. The first-order valence-electron chi connectivity index (χ1n) is 9.78. The van der Waals surface area contributed by atoms with Crippen molar-refractivity contribution in [1.82, 2.24) is 19.8 Å². The Morgan fingerprint density at radius 2 is 1.87 bits per heavy atom. The molecule has 1 saturated heterocycles. The summed E-state index contributed by atoms with van der Waals surface area (Å²) in [5.74, 6) is -0.524. The normalized spacial score (nSPS) is 16.6. The zero-order valence-electron chi connectivity index (χ0n) is 17.2. The summed E-state index contributed by atoms with van der Waals surface area (Å²) in [7, 11) is 0. The molecule has 164 valence electrons. The number of amides is 1. The number of nitrogens with zero attached hydrogens (tertiary/aromatic N) is 3. The summed E-state index contributed by atoms with van der Waals surface area (Å²) in [4.78, 5) is 31.0. The molecule has 2 aromatic rings. The summed E-state index contributed by atoms with van der Waals surface area (Å²) < 4.78 is 46.4. The van der Waals surface area contributed by atoms with Gasteiger partial charge in [0, 0.05) is 26.2 Å². The number of nitrogens with one attached hydrogen (secondary N) is 1. The minimum Gasteiger partial charge on any atom is -0.379 e. The van der Waals surface area contributed by atoms with Crippen molar-refractivity contribution >= 4 is 16.9 Å². The fourth-order valence-corrected chi connectivity index (χ4v) is 3.46. The van der Waals surface area contributed by atoms with Crippen molar-refractivity contribution in [3.63, 3.8) is 0 Å². The molecule has 1 aromatic carbocycles. The molecule has 1 amide bonds. The molecular weight excluding hydrogens is 401 g/mol. The number of alkyl halides is 3. The number of aryl methyl sites for hydroxylation is 2. The van der Waals surface area contributed by atoms with Crippen LogP contribution in [0.5, 0.6) is 0 Å². The Balaban J connectivity index is 1.92. The molecule has 1 unspecified atom stereocenters. The maximum atomic E-state index is 13.4. The van der Waals surface area contributed by atoms with Crippen LogP contribution in [0.2, 0.25) is 0 Å². The van der Waals surface area contributed by atoms with E-state index in [9.17, 15) is 22.8 Å². The summed E-state index contributed by atoms with van der Waals surface area (Å²) in [6.45, 7) is 8.64. The second kappa shape index (κ2) is 8.73. The predicted octanol–water partition coefficient (Wildman–Crippen LogP) is 2.04. The number of fused-ring (bicyclic) bond motifs is 1. The van der Waals surface area contributed by atoms with Crippen molar-refractivity contribution in [2.24, 2.45) is 0 Å². The van der Waals surface area contributed by atoms with Crippen LogP contribution < -0.4 is 10.9 Å². The summed E-state index contributed by atoms with van der Waals surface area (Å²) in [6.07, 6.45) is -4.92. The van der Waals surface area contributed by atoms with Gasteiger partial charge in [0.25, 0.3) is 5.56 Å². The summed E-state index contributed by atoms with van der Waals surface area (Å²) in [5, 5.41) is 2.72. The third kappa shape index (κ3) is 4.65. The van der Waals surface area contributed by atoms with Gasteiger partial charge >= 0.3 is 6.18 Å². The van der Waals surface area contributed by atoms with Gasteiger partial charge in [-0.15, -0.1) is 0 Å². The molecule has 7 nitrogen and oxygen atoms in total. The van der Waals surface area contributed by atoms with E-state index in [1.807, 2.05) is 0 Å². The Kier molecular flexibility index (Phi) is 6.47. The fourth-order valence-electron chi connectivity index (χ4n) is 3.46. The summed E-state index contributed by atoms with van der Waals surface area (Å²) >= 11 is 0. The van der Waals surface area contributed by atoms with Gasteiger partial charge in [0.05, 0.1) is 24.2 Å². The van der Waals surface area contributed by atoms with Gasteiger partial charge in [-0.05, 0) is 44.0 Å². The molecule has 2 heterocycles. The topological polar surface area (TPSA) is 76.5 Å². The molecule has 1 N–H and O–H groups in total. The van der Waals surface area contributed by atoms with Gasteiger partial charge in [0.2, 0.25) is 11.6 Å². The van der Waals surface area contributed by atoms with Crippen molar-refractivity contribution < 1.29 is 22.7 Å². The quantitative estimate of drug-likeness (QED) is 0.792. The smallest absolute Gasteiger partial charge is 0.379 e. The number of benzene rings is 1. The van der Waals surface area contributed by atoms with Crippen LogP contribution in [0, 0.1) is 13.8 Å². The van der Waals surface area contributed by atoms with E-state index in [4.69, 9.17) is 4.74 Å². The molecule has 1 aliphatic heterocycles. The monoisotopic (exact) mass is 426 g/mol. The van der Waals surface area contributed by atoms with Crippen LogP contribution in [0.25, 0.3) is 11.0 Å². The lowest BCUT2D eigenvalue weighted by Crippen LogP contribution is -2.43. The number of hydrogen-bond acceptors (Lipinski definition) is 5. The van der Waals surface area contributed by atoms with Crippen LogP contribution in [0.1, 0.15) is 29.8 Å². The van der Waals surface area contributed by atoms with E-state index in [1.54, 1.807) is 19.9 Å². The Morgan fingerprint density at radius 3 is 2.50 bits per heavy atom. The molecular formula is C20H25F3N4O3. The molecule has 1 aromatic heterocycles. The van der Waals surface area contributed by atoms with E-state index in [-0.39, 0.29) is 11.0 Å². The largest absolute Gasteiger partial charge is 0.438 e. The van der Waals surface area contributed by atoms with Crippen LogP contribution in [0.4, 0.5) is 13.2 Å². The Morgan fingerprint density at radius 1 is 1.23 bits per heavy atom. The first-order chi connectivity index (χ1) is 14.1. The third-order valence-corrected chi connectivity index (χ3v) is 5.37. The molecule has 1 aliphatic rings. The molecule has 0 bridgehead atoms. The molecule has 1 atom stereocenters. The SMILES string of the molecule is Cc1cc2nc(C(F)(F)F)c(=O)n(C(C)C(=O)NCCN3CCOCC3)c2cc1C. The third-order valence-electron chi connectivity index (χ3n) is 5.37. The average Bonchev–Trinajstić information content (AvgIpc) is 2.68. The lowest BCUT2D eigenvalue weighted by molar-refractivity contribution is -0.142. The molecule has 0 spiro atoms. The van der Waals surface area contributed by atoms with E-state index in [0.717, 1.165) is 28.8 Å². The van der Waals surface area contributed by atoms with Crippen molar-refractivity contribution in [3.8, 4) is 0 Å². The zero-order valence-corrected chi connectivity index (χ0v) is 17.2. The maximum absolute atomic E-state index is 13.4. The zero-order chi connectivity index (χ0) is 22.1. The van der Waals surface area contributed by atoms with Gasteiger partial charge in [0.1, 0.15) is 6.04 Å². The molecule has 3 rings (SSSR count). The number of aromatic nitrogens is 2. The van der Waals surface area contributed by atoms with Gasteiger partial charge in [-0.3, -0.25) is 19.1 Å². The first kappa shape index (κ1) is 22.2. The number of morpholine rings is 1. The predicted molar refractivity (Wildman–Crippen MR) is 105 cm³/mol. The standard InChI is InChI=1S/C20H25F3N4O3/c1-12-10-15-16(11-13(12)2)27(19(29)17(25-15)20(21,22)23)14(3)18(28)24-4-5-26-6-8-30-9-7-26/h10-11,14H,4-9H2,1-3H3,(H,24,28). The first-order valence-corrected chi connectivity index (χ1v) is 9.78. The van der Waals surface area contributed by atoms with Crippen LogP contribution in [0.15, 0.2) is 16.9 Å². The highest BCUT2D eigenvalue weighted by molar-refractivity contribution is 5.84.